The Hall–Kier alpha value is -1.89. The lowest BCUT2D eigenvalue weighted by Gasteiger charge is -2.10. The van der Waals surface area contributed by atoms with Crippen LogP contribution in [0, 0.1) is 6.92 Å². The fourth-order valence-corrected chi connectivity index (χ4v) is 2.61. The highest BCUT2D eigenvalue weighted by atomic mass is 32.1. The molecule has 16 heavy (non-hydrogen) atoms. The Balaban J connectivity index is 2.22. The second-order valence-electron chi connectivity index (χ2n) is 3.40. The Morgan fingerprint density at radius 2 is 2.44 bits per heavy atom. The molecule has 7 heteroatoms. The van der Waals surface area contributed by atoms with Crippen molar-refractivity contribution < 1.29 is 14.4 Å². The summed E-state index contributed by atoms with van der Waals surface area (Å²) >= 11 is 1.48. The number of rotatable bonds is 1. The van der Waals surface area contributed by atoms with Crippen LogP contribution in [-0.4, -0.2) is 21.2 Å². The van der Waals surface area contributed by atoms with Crippen molar-refractivity contribution in [2.45, 2.75) is 13.5 Å². The molecule has 0 fully saturated rings. The van der Waals surface area contributed by atoms with E-state index in [-0.39, 0.29) is 5.69 Å². The van der Waals surface area contributed by atoms with E-state index in [1.807, 2.05) is 6.92 Å². The first kappa shape index (κ1) is 9.34. The van der Waals surface area contributed by atoms with Crippen LogP contribution in [-0.2, 0) is 6.54 Å². The van der Waals surface area contributed by atoms with Crippen LogP contribution in [0.25, 0.3) is 10.6 Å². The number of aromatic nitrogens is 2. The number of aromatic carboxylic acids is 1. The van der Waals surface area contributed by atoms with E-state index in [1.165, 1.54) is 11.3 Å². The van der Waals surface area contributed by atoms with Gasteiger partial charge in [0.25, 0.3) is 0 Å². The molecule has 0 aromatic carbocycles. The number of fused-ring (bicyclic) bond motifs is 3. The van der Waals surface area contributed by atoms with Gasteiger partial charge in [0, 0.05) is 0 Å². The summed E-state index contributed by atoms with van der Waals surface area (Å²) in [7, 11) is 0. The molecule has 2 aromatic heterocycles. The van der Waals surface area contributed by atoms with Gasteiger partial charge in [-0.1, -0.05) is 5.16 Å². The molecule has 0 unspecified atom stereocenters. The minimum Gasteiger partial charge on any atom is -0.476 e. The van der Waals surface area contributed by atoms with E-state index in [9.17, 15) is 4.79 Å². The summed E-state index contributed by atoms with van der Waals surface area (Å²) in [6, 6.07) is 0. The summed E-state index contributed by atoms with van der Waals surface area (Å²) in [5.41, 5.74) is 1.25. The van der Waals surface area contributed by atoms with Crippen molar-refractivity contribution in [2.24, 2.45) is 0 Å². The molecule has 0 radical (unpaired) electrons. The zero-order valence-corrected chi connectivity index (χ0v) is 9.09. The first-order chi connectivity index (χ1) is 7.66. The molecular weight excluding hydrogens is 230 g/mol. The number of hydrogen-bond donors (Lipinski definition) is 2. The number of carboxylic acid groups (broad SMARTS) is 1. The highest BCUT2D eigenvalue weighted by molar-refractivity contribution is 7.15. The molecule has 0 bridgehead atoms. The van der Waals surface area contributed by atoms with E-state index >= 15 is 0 Å². The second-order valence-corrected chi connectivity index (χ2v) is 4.61. The predicted molar refractivity (Wildman–Crippen MR) is 56.6 cm³/mol. The van der Waals surface area contributed by atoms with E-state index < -0.39 is 5.97 Å². The van der Waals surface area contributed by atoms with E-state index in [0.717, 1.165) is 15.6 Å². The average Bonchev–Trinajstić information content (AvgIpc) is 2.77. The zero-order chi connectivity index (χ0) is 11.3. The predicted octanol–water partition coefficient (Wildman–Crippen LogP) is 1.73. The molecule has 1 aliphatic rings. The molecule has 0 atom stereocenters. The van der Waals surface area contributed by atoms with Crippen molar-refractivity contribution in [1.29, 1.82) is 0 Å². The fraction of sp³-hybridized carbons (Fsp3) is 0.222. The smallest absolute Gasteiger partial charge is 0.360 e. The highest BCUT2D eigenvalue weighted by Gasteiger charge is 2.29. The van der Waals surface area contributed by atoms with Crippen LogP contribution in [0.1, 0.15) is 21.2 Å². The molecule has 0 aliphatic carbocycles. The molecule has 0 amide bonds. The highest BCUT2D eigenvalue weighted by Crippen LogP contribution is 2.40. The summed E-state index contributed by atoms with van der Waals surface area (Å²) < 4.78 is 5.07. The van der Waals surface area contributed by atoms with Crippen LogP contribution >= 0.6 is 11.3 Å². The van der Waals surface area contributed by atoms with Gasteiger partial charge in [-0.05, 0) is 6.92 Å². The Labute approximate surface area is 93.9 Å². The molecular formula is C9H7N3O3S. The lowest BCUT2D eigenvalue weighted by molar-refractivity contribution is 0.0687. The van der Waals surface area contributed by atoms with Crippen LogP contribution < -0.4 is 5.32 Å². The van der Waals surface area contributed by atoms with Gasteiger partial charge in [0.1, 0.15) is 5.69 Å². The van der Waals surface area contributed by atoms with Gasteiger partial charge in [-0.2, -0.15) is 0 Å². The van der Waals surface area contributed by atoms with E-state index in [0.29, 0.717) is 18.0 Å². The lowest BCUT2D eigenvalue weighted by atomic mass is 10.1. The molecule has 2 N–H and O–H groups in total. The number of nitrogens with zero attached hydrogens (tertiary/aromatic N) is 2. The number of thiazole rings is 1. The summed E-state index contributed by atoms with van der Waals surface area (Å²) in [6.07, 6.45) is 0. The molecule has 3 rings (SSSR count). The Morgan fingerprint density at radius 3 is 3.19 bits per heavy atom. The number of nitrogens with one attached hydrogen (secondary N) is 1. The molecule has 6 nitrogen and oxygen atoms in total. The molecule has 0 saturated heterocycles. The molecule has 0 saturated carbocycles. The minimum atomic E-state index is -1.10. The molecule has 82 valence electrons. The third-order valence-corrected chi connectivity index (χ3v) is 3.35. The van der Waals surface area contributed by atoms with E-state index in [2.05, 4.69) is 15.5 Å². The third-order valence-electron chi connectivity index (χ3n) is 2.34. The number of hydrogen-bond acceptors (Lipinski definition) is 6. The second kappa shape index (κ2) is 3.05. The molecule has 2 aromatic rings. The van der Waals surface area contributed by atoms with Crippen molar-refractivity contribution in [3.63, 3.8) is 0 Å². The van der Waals surface area contributed by atoms with Gasteiger partial charge in [-0.25, -0.2) is 9.78 Å². The van der Waals surface area contributed by atoms with Crippen molar-refractivity contribution in [3.05, 3.63) is 16.4 Å². The molecule has 0 spiro atoms. The van der Waals surface area contributed by atoms with Crippen LogP contribution in [0.5, 0.6) is 0 Å². The Morgan fingerprint density at radius 1 is 1.62 bits per heavy atom. The van der Waals surface area contributed by atoms with E-state index in [4.69, 9.17) is 9.63 Å². The van der Waals surface area contributed by atoms with Crippen LogP contribution in [0.15, 0.2) is 4.52 Å². The number of carbonyl (C=O) groups is 1. The Kier molecular flexibility index (Phi) is 1.78. The number of aryl methyl sites for hydroxylation is 1. The Bertz CT molecular complexity index is 587. The van der Waals surface area contributed by atoms with Gasteiger partial charge in [0.15, 0.2) is 0 Å². The quantitative estimate of drug-likeness (QED) is 0.785. The number of carboxylic acids is 1. The average molecular weight is 237 g/mol. The molecule has 1 aliphatic heterocycles. The monoisotopic (exact) mass is 237 g/mol. The van der Waals surface area contributed by atoms with Crippen molar-refractivity contribution >= 4 is 23.0 Å². The van der Waals surface area contributed by atoms with Crippen LogP contribution in [0.2, 0.25) is 0 Å². The largest absolute Gasteiger partial charge is 0.476 e. The number of anilines is 1. The first-order valence-corrected chi connectivity index (χ1v) is 5.42. The van der Waals surface area contributed by atoms with Crippen molar-refractivity contribution in [1.82, 2.24) is 10.1 Å². The standard InChI is InChI=1S/C9H7N3O3S/c1-3-11-4-2-10-5-6(9(13)14)12-15-7(5)8(4)16-3/h10H,2H2,1H3,(H,13,14). The third kappa shape index (κ3) is 1.15. The van der Waals surface area contributed by atoms with Gasteiger partial charge in [0.05, 0.1) is 22.1 Å². The SMILES string of the molecule is Cc1nc2c(s1)-c1onc(C(=O)O)c1NC2. The van der Waals surface area contributed by atoms with Gasteiger partial charge in [-0.15, -0.1) is 11.3 Å². The normalized spacial score (nSPS) is 12.8. The van der Waals surface area contributed by atoms with Crippen LogP contribution in [0.4, 0.5) is 5.69 Å². The fourth-order valence-electron chi connectivity index (χ4n) is 1.69. The van der Waals surface area contributed by atoms with Gasteiger partial charge in [0.2, 0.25) is 11.5 Å². The molecule has 3 heterocycles. The van der Waals surface area contributed by atoms with Gasteiger partial charge < -0.3 is 14.9 Å². The van der Waals surface area contributed by atoms with E-state index in [1.54, 1.807) is 0 Å². The first-order valence-electron chi connectivity index (χ1n) is 4.60. The summed E-state index contributed by atoms with van der Waals surface area (Å²) in [6.45, 7) is 2.41. The van der Waals surface area contributed by atoms with Crippen LogP contribution in [0.3, 0.4) is 0 Å². The van der Waals surface area contributed by atoms with Gasteiger partial charge in [-0.3, -0.25) is 0 Å². The summed E-state index contributed by atoms with van der Waals surface area (Å²) in [4.78, 5) is 16.1. The summed E-state index contributed by atoms with van der Waals surface area (Å²) in [5, 5.41) is 16.3. The van der Waals surface area contributed by atoms with Crippen molar-refractivity contribution in [3.8, 4) is 10.6 Å². The maximum absolute atomic E-state index is 10.9. The topological polar surface area (TPSA) is 88.2 Å². The zero-order valence-electron chi connectivity index (χ0n) is 8.27. The maximum Gasteiger partial charge on any atom is 0.360 e. The summed E-state index contributed by atoms with van der Waals surface area (Å²) in [5.74, 6) is -0.619. The lowest BCUT2D eigenvalue weighted by Crippen LogP contribution is -2.10. The maximum atomic E-state index is 10.9. The van der Waals surface area contributed by atoms with Crippen molar-refractivity contribution in [2.75, 3.05) is 5.32 Å². The minimum absolute atomic E-state index is 0.0771. The van der Waals surface area contributed by atoms with Gasteiger partial charge >= 0.3 is 5.97 Å².